The summed E-state index contributed by atoms with van der Waals surface area (Å²) in [5.74, 6) is -0.237. The normalized spacial score (nSPS) is 10.6. The summed E-state index contributed by atoms with van der Waals surface area (Å²) in [5.41, 5.74) is 1.93. The second-order valence-corrected chi connectivity index (χ2v) is 4.32. The van der Waals surface area contributed by atoms with Gasteiger partial charge in [-0.2, -0.15) is 0 Å². The molecule has 2 heterocycles. The number of hydrogen-bond donors (Lipinski definition) is 1. The molecule has 0 unspecified atom stereocenters. The van der Waals surface area contributed by atoms with Crippen LogP contribution in [0.4, 0.5) is 0 Å². The number of benzene rings is 1. The molecule has 0 atom stereocenters. The highest BCUT2D eigenvalue weighted by atomic mass is 16.5. The fourth-order valence-corrected chi connectivity index (χ4v) is 1.94. The first-order valence-electron chi connectivity index (χ1n) is 6.11. The SMILES string of the molecule is O=C(O)c1ccc(COc2cccn3ccnc23)cc1. The van der Waals surface area contributed by atoms with Crippen LogP contribution in [0.5, 0.6) is 5.75 Å². The Labute approximate surface area is 115 Å². The zero-order chi connectivity index (χ0) is 13.9. The van der Waals surface area contributed by atoms with Gasteiger partial charge in [0.2, 0.25) is 0 Å². The number of hydrogen-bond acceptors (Lipinski definition) is 3. The standard InChI is InChI=1S/C15H12N2O3/c18-15(19)12-5-3-11(4-6-12)10-20-13-2-1-8-17-9-7-16-14(13)17/h1-9H,10H2,(H,18,19). The molecule has 3 aromatic rings. The first kappa shape index (κ1) is 12.2. The summed E-state index contributed by atoms with van der Waals surface area (Å²) in [6, 6.07) is 10.4. The zero-order valence-electron chi connectivity index (χ0n) is 10.6. The van der Waals surface area contributed by atoms with Crippen LogP contribution in [0.3, 0.4) is 0 Å². The van der Waals surface area contributed by atoms with Gasteiger partial charge in [-0.05, 0) is 29.8 Å². The Hall–Kier alpha value is -2.82. The number of aromatic nitrogens is 2. The van der Waals surface area contributed by atoms with Crippen molar-refractivity contribution in [3.8, 4) is 5.75 Å². The van der Waals surface area contributed by atoms with Crippen LogP contribution in [0.2, 0.25) is 0 Å². The van der Waals surface area contributed by atoms with Crippen molar-refractivity contribution < 1.29 is 14.6 Å². The topological polar surface area (TPSA) is 63.8 Å². The molecule has 0 saturated heterocycles. The molecule has 0 spiro atoms. The number of fused-ring (bicyclic) bond motifs is 1. The first-order valence-corrected chi connectivity index (χ1v) is 6.11. The Balaban J connectivity index is 1.76. The molecular weight excluding hydrogens is 256 g/mol. The second kappa shape index (κ2) is 5.05. The monoisotopic (exact) mass is 268 g/mol. The molecule has 0 aliphatic rings. The van der Waals surface area contributed by atoms with Gasteiger partial charge in [-0.15, -0.1) is 0 Å². The number of nitrogens with zero attached hydrogens (tertiary/aromatic N) is 2. The molecule has 0 fully saturated rings. The molecule has 1 N–H and O–H groups in total. The van der Waals surface area contributed by atoms with Gasteiger partial charge in [-0.3, -0.25) is 0 Å². The number of imidazole rings is 1. The van der Waals surface area contributed by atoms with Gasteiger partial charge in [-0.1, -0.05) is 12.1 Å². The molecule has 5 nitrogen and oxygen atoms in total. The van der Waals surface area contributed by atoms with Crippen molar-refractivity contribution in [1.29, 1.82) is 0 Å². The minimum Gasteiger partial charge on any atom is -0.485 e. The number of pyridine rings is 1. The van der Waals surface area contributed by atoms with E-state index in [1.807, 2.05) is 28.9 Å². The van der Waals surface area contributed by atoms with Gasteiger partial charge >= 0.3 is 5.97 Å². The molecule has 2 aromatic heterocycles. The third-order valence-corrected chi connectivity index (χ3v) is 2.98. The Kier molecular flexibility index (Phi) is 3.09. The molecule has 3 rings (SSSR count). The Morgan fingerprint density at radius 2 is 2.00 bits per heavy atom. The van der Waals surface area contributed by atoms with Gasteiger partial charge in [0, 0.05) is 18.6 Å². The van der Waals surface area contributed by atoms with Gasteiger partial charge < -0.3 is 14.2 Å². The predicted octanol–water partition coefficient (Wildman–Crippen LogP) is 2.61. The van der Waals surface area contributed by atoms with Gasteiger partial charge in [0.15, 0.2) is 11.4 Å². The summed E-state index contributed by atoms with van der Waals surface area (Å²) >= 11 is 0. The summed E-state index contributed by atoms with van der Waals surface area (Å²) < 4.78 is 7.61. The lowest BCUT2D eigenvalue weighted by Crippen LogP contribution is -2.00. The van der Waals surface area contributed by atoms with Crippen LogP contribution < -0.4 is 4.74 Å². The van der Waals surface area contributed by atoms with E-state index in [0.29, 0.717) is 12.4 Å². The van der Waals surface area contributed by atoms with E-state index in [-0.39, 0.29) is 5.56 Å². The van der Waals surface area contributed by atoms with Crippen LogP contribution in [0.1, 0.15) is 15.9 Å². The van der Waals surface area contributed by atoms with E-state index >= 15 is 0 Å². The van der Waals surface area contributed by atoms with E-state index in [1.165, 1.54) is 0 Å². The van der Waals surface area contributed by atoms with Gasteiger partial charge in [0.05, 0.1) is 5.56 Å². The summed E-state index contributed by atoms with van der Waals surface area (Å²) in [6.45, 7) is 0.367. The molecule has 0 amide bonds. The summed E-state index contributed by atoms with van der Waals surface area (Å²) in [5, 5.41) is 8.84. The molecule has 20 heavy (non-hydrogen) atoms. The summed E-state index contributed by atoms with van der Waals surface area (Å²) in [7, 11) is 0. The Morgan fingerprint density at radius 3 is 2.75 bits per heavy atom. The molecule has 0 aliphatic heterocycles. The Bertz CT molecular complexity index is 747. The van der Waals surface area contributed by atoms with Crippen molar-refractivity contribution in [3.05, 3.63) is 66.1 Å². The highest BCUT2D eigenvalue weighted by Gasteiger charge is 2.05. The summed E-state index contributed by atoms with van der Waals surface area (Å²) in [4.78, 5) is 15.0. The predicted molar refractivity (Wildman–Crippen MR) is 72.9 cm³/mol. The fourth-order valence-electron chi connectivity index (χ4n) is 1.94. The van der Waals surface area contributed by atoms with Crippen LogP contribution in [0, 0.1) is 0 Å². The average Bonchev–Trinajstić information content (AvgIpc) is 2.94. The van der Waals surface area contributed by atoms with Crippen LogP contribution >= 0.6 is 0 Å². The van der Waals surface area contributed by atoms with E-state index in [4.69, 9.17) is 9.84 Å². The summed E-state index contributed by atoms with van der Waals surface area (Å²) in [6.07, 6.45) is 5.46. The van der Waals surface area contributed by atoms with Crippen molar-refractivity contribution in [2.45, 2.75) is 6.61 Å². The van der Waals surface area contributed by atoms with Crippen molar-refractivity contribution in [3.63, 3.8) is 0 Å². The number of rotatable bonds is 4. The van der Waals surface area contributed by atoms with E-state index in [0.717, 1.165) is 11.2 Å². The minimum absolute atomic E-state index is 0.268. The lowest BCUT2D eigenvalue weighted by molar-refractivity contribution is 0.0697. The molecule has 0 saturated carbocycles. The zero-order valence-corrected chi connectivity index (χ0v) is 10.6. The fraction of sp³-hybridized carbons (Fsp3) is 0.0667. The number of carboxylic acids is 1. The van der Waals surface area contributed by atoms with Crippen LogP contribution in [-0.2, 0) is 6.61 Å². The first-order chi connectivity index (χ1) is 9.74. The molecule has 0 aliphatic carbocycles. The van der Waals surface area contributed by atoms with Crippen molar-refractivity contribution in [2.75, 3.05) is 0 Å². The van der Waals surface area contributed by atoms with E-state index < -0.39 is 5.97 Å². The molecule has 5 heteroatoms. The van der Waals surface area contributed by atoms with Crippen LogP contribution in [0.25, 0.3) is 5.65 Å². The lowest BCUT2D eigenvalue weighted by Gasteiger charge is -2.07. The van der Waals surface area contributed by atoms with Crippen LogP contribution in [-0.4, -0.2) is 20.5 Å². The molecule has 0 bridgehead atoms. The highest BCUT2D eigenvalue weighted by Crippen LogP contribution is 2.18. The van der Waals surface area contributed by atoms with Gasteiger partial charge in [-0.25, -0.2) is 9.78 Å². The average molecular weight is 268 g/mol. The quantitative estimate of drug-likeness (QED) is 0.790. The molecule has 1 aromatic carbocycles. The lowest BCUT2D eigenvalue weighted by atomic mass is 10.1. The maximum Gasteiger partial charge on any atom is 0.335 e. The van der Waals surface area contributed by atoms with Crippen molar-refractivity contribution >= 4 is 11.6 Å². The third-order valence-electron chi connectivity index (χ3n) is 2.98. The van der Waals surface area contributed by atoms with E-state index in [1.54, 1.807) is 30.5 Å². The van der Waals surface area contributed by atoms with E-state index in [2.05, 4.69) is 4.98 Å². The third kappa shape index (κ3) is 2.33. The number of carboxylic acid groups (broad SMARTS) is 1. The highest BCUT2D eigenvalue weighted by molar-refractivity contribution is 5.87. The molecule has 100 valence electrons. The smallest absolute Gasteiger partial charge is 0.335 e. The Morgan fingerprint density at radius 1 is 1.20 bits per heavy atom. The van der Waals surface area contributed by atoms with Gasteiger partial charge in [0.25, 0.3) is 0 Å². The second-order valence-electron chi connectivity index (χ2n) is 4.32. The minimum atomic E-state index is -0.931. The van der Waals surface area contributed by atoms with E-state index in [9.17, 15) is 4.79 Å². The largest absolute Gasteiger partial charge is 0.485 e. The van der Waals surface area contributed by atoms with Crippen molar-refractivity contribution in [2.24, 2.45) is 0 Å². The molecular formula is C15H12N2O3. The maximum absolute atomic E-state index is 10.8. The molecule has 0 radical (unpaired) electrons. The van der Waals surface area contributed by atoms with Crippen LogP contribution in [0.15, 0.2) is 55.0 Å². The number of carbonyl (C=O) groups is 1. The van der Waals surface area contributed by atoms with Crippen molar-refractivity contribution in [1.82, 2.24) is 9.38 Å². The maximum atomic E-state index is 10.8. The number of ether oxygens (including phenoxy) is 1. The van der Waals surface area contributed by atoms with Gasteiger partial charge in [0.1, 0.15) is 6.61 Å². The number of aromatic carboxylic acids is 1.